The Morgan fingerprint density at radius 2 is 1.38 bits per heavy atom. The van der Waals surface area contributed by atoms with Crippen LogP contribution in [0.5, 0.6) is 11.5 Å². The summed E-state index contributed by atoms with van der Waals surface area (Å²) in [6.45, 7) is 5.83. The number of piperazine rings is 1. The molecule has 5 heteroatoms. The van der Waals surface area contributed by atoms with Crippen molar-refractivity contribution < 1.29 is 9.47 Å². The number of methoxy groups -OCH3 is 2. The van der Waals surface area contributed by atoms with Gasteiger partial charge in [-0.2, -0.15) is 5.10 Å². The first kappa shape index (κ1) is 20.6. The van der Waals surface area contributed by atoms with E-state index in [0.29, 0.717) is 6.04 Å². The van der Waals surface area contributed by atoms with Crippen LogP contribution in [0, 0.1) is 0 Å². The summed E-state index contributed by atoms with van der Waals surface area (Å²) in [4.78, 5) is 2.60. The summed E-state index contributed by atoms with van der Waals surface area (Å²) in [6.07, 6.45) is 0. The van der Waals surface area contributed by atoms with Gasteiger partial charge in [0.05, 0.1) is 26.0 Å². The topological polar surface area (TPSA) is 37.3 Å². The van der Waals surface area contributed by atoms with E-state index in [4.69, 9.17) is 14.6 Å². The van der Waals surface area contributed by atoms with Gasteiger partial charge in [0.1, 0.15) is 0 Å². The molecule has 0 radical (unpaired) electrons. The predicted octanol–water partition coefficient (Wildman–Crippen LogP) is 4.82. The molecule has 0 amide bonds. The molecular formula is C27H29N3O2. The standard InChI is InChI=1S/C27H29N3O2/c1-19(20-12-13-25(31-2)26(18-20)32-3)28-30-16-14-29(15-17-30)27-23-10-6-4-8-21(23)22-9-5-7-11-24(22)27/h4-13,18,27H,14-17H2,1-3H3/b28-19+. The molecule has 3 aromatic carbocycles. The van der Waals surface area contributed by atoms with Gasteiger partial charge in [-0.05, 0) is 47.4 Å². The van der Waals surface area contributed by atoms with Gasteiger partial charge in [0.2, 0.25) is 0 Å². The molecule has 1 heterocycles. The predicted molar refractivity (Wildman–Crippen MR) is 129 cm³/mol. The lowest BCUT2D eigenvalue weighted by atomic mass is 10.0. The van der Waals surface area contributed by atoms with Crippen molar-refractivity contribution in [1.29, 1.82) is 0 Å². The van der Waals surface area contributed by atoms with Crippen molar-refractivity contribution in [3.05, 3.63) is 83.4 Å². The summed E-state index contributed by atoms with van der Waals surface area (Å²) in [6, 6.07) is 23.9. The number of ether oxygens (including phenoxy) is 2. The second-order valence-corrected chi connectivity index (χ2v) is 8.32. The van der Waals surface area contributed by atoms with Gasteiger partial charge in [-0.25, -0.2) is 0 Å². The molecule has 2 aliphatic rings. The molecule has 0 N–H and O–H groups in total. The third-order valence-corrected chi connectivity index (χ3v) is 6.55. The van der Waals surface area contributed by atoms with Gasteiger partial charge < -0.3 is 9.47 Å². The van der Waals surface area contributed by atoms with E-state index in [0.717, 1.165) is 49.0 Å². The zero-order valence-corrected chi connectivity index (χ0v) is 18.9. The van der Waals surface area contributed by atoms with Crippen LogP contribution in [0.1, 0.15) is 29.7 Å². The van der Waals surface area contributed by atoms with Crippen LogP contribution in [-0.4, -0.2) is 56.0 Å². The fourth-order valence-corrected chi connectivity index (χ4v) is 4.92. The van der Waals surface area contributed by atoms with Gasteiger partial charge in [-0.15, -0.1) is 0 Å². The van der Waals surface area contributed by atoms with Crippen molar-refractivity contribution in [1.82, 2.24) is 9.91 Å². The van der Waals surface area contributed by atoms with Crippen LogP contribution in [0.4, 0.5) is 0 Å². The van der Waals surface area contributed by atoms with Crippen LogP contribution in [0.15, 0.2) is 71.8 Å². The molecule has 1 saturated heterocycles. The molecule has 3 aromatic rings. The minimum Gasteiger partial charge on any atom is -0.493 e. The largest absolute Gasteiger partial charge is 0.493 e. The maximum absolute atomic E-state index is 5.45. The fourth-order valence-electron chi connectivity index (χ4n) is 4.92. The van der Waals surface area contributed by atoms with E-state index in [9.17, 15) is 0 Å². The highest BCUT2D eigenvalue weighted by Gasteiger charge is 2.34. The van der Waals surface area contributed by atoms with Gasteiger partial charge in [-0.3, -0.25) is 9.91 Å². The van der Waals surface area contributed by atoms with Crippen LogP contribution in [-0.2, 0) is 0 Å². The second-order valence-electron chi connectivity index (χ2n) is 8.32. The lowest BCUT2D eigenvalue weighted by Gasteiger charge is -2.37. The van der Waals surface area contributed by atoms with E-state index in [1.165, 1.54) is 22.3 Å². The lowest BCUT2D eigenvalue weighted by molar-refractivity contribution is 0.114. The van der Waals surface area contributed by atoms with Crippen LogP contribution >= 0.6 is 0 Å². The zero-order chi connectivity index (χ0) is 22.1. The van der Waals surface area contributed by atoms with Gasteiger partial charge >= 0.3 is 0 Å². The molecule has 1 fully saturated rings. The molecule has 5 rings (SSSR count). The monoisotopic (exact) mass is 427 g/mol. The number of nitrogens with zero attached hydrogens (tertiary/aromatic N) is 3. The zero-order valence-electron chi connectivity index (χ0n) is 18.9. The number of hydrogen-bond acceptors (Lipinski definition) is 5. The van der Waals surface area contributed by atoms with Crippen LogP contribution in [0.3, 0.4) is 0 Å². The highest BCUT2D eigenvalue weighted by atomic mass is 16.5. The van der Waals surface area contributed by atoms with E-state index >= 15 is 0 Å². The van der Waals surface area contributed by atoms with E-state index in [-0.39, 0.29) is 0 Å². The molecule has 0 spiro atoms. The molecule has 0 aromatic heterocycles. The summed E-state index contributed by atoms with van der Waals surface area (Å²) >= 11 is 0. The molecule has 0 unspecified atom stereocenters. The first-order valence-electron chi connectivity index (χ1n) is 11.1. The maximum Gasteiger partial charge on any atom is 0.161 e. The molecule has 0 atom stereocenters. The second kappa shape index (κ2) is 8.67. The van der Waals surface area contributed by atoms with Crippen molar-refractivity contribution in [3.63, 3.8) is 0 Å². The lowest BCUT2D eigenvalue weighted by Crippen LogP contribution is -2.45. The Hall–Kier alpha value is -3.31. The quantitative estimate of drug-likeness (QED) is 0.548. The van der Waals surface area contributed by atoms with Gasteiger partial charge in [-0.1, -0.05) is 48.5 Å². The van der Waals surface area contributed by atoms with Gasteiger partial charge in [0.15, 0.2) is 11.5 Å². The summed E-state index contributed by atoms with van der Waals surface area (Å²) in [7, 11) is 3.31. The van der Waals surface area contributed by atoms with Gasteiger partial charge in [0, 0.05) is 31.7 Å². The maximum atomic E-state index is 5.45. The van der Waals surface area contributed by atoms with Crippen molar-refractivity contribution in [2.45, 2.75) is 13.0 Å². The molecule has 32 heavy (non-hydrogen) atoms. The molecule has 0 saturated carbocycles. The van der Waals surface area contributed by atoms with Crippen molar-refractivity contribution >= 4 is 5.71 Å². The molecule has 164 valence electrons. The molecule has 1 aliphatic heterocycles. The van der Waals surface area contributed by atoms with Crippen molar-refractivity contribution in [2.24, 2.45) is 5.10 Å². The first-order valence-corrected chi connectivity index (χ1v) is 11.1. The number of fused-ring (bicyclic) bond motifs is 3. The molecular weight excluding hydrogens is 398 g/mol. The van der Waals surface area contributed by atoms with E-state index in [2.05, 4.69) is 65.4 Å². The Kier molecular flexibility index (Phi) is 5.58. The number of benzene rings is 3. The normalized spacial score (nSPS) is 16.6. The summed E-state index contributed by atoms with van der Waals surface area (Å²) < 4.78 is 10.8. The van der Waals surface area contributed by atoms with E-state index in [1.807, 2.05) is 18.2 Å². The average Bonchev–Trinajstić information content (AvgIpc) is 3.18. The SMILES string of the molecule is COc1ccc(/C(C)=N/N2CCN(C3c4ccccc4-c4ccccc43)CC2)cc1OC. The third-order valence-electron chi connectivity index (χ3n) is 6.55. The fraction of sp³-hybridized carbons (Fsp3) is 0.296. The Bertz CT molecular complexity index is 1100. The van der Waals surface area contributed by atoms with Gasteiger partial charge in [0.25, 0.3) is 0 Å². The highest BCUT2D eigenvalue weighted by molar-refractivity contribution is 5.99. The van der Waals surface area contributed by atoms with Crippen LogP contribution in [0.25, 0.3) is 11.1 Å². The Morgan fingerprint density at radius 1 is 0.781 bits per heavy atom. The molecule has 5 nitrogen and oxygen atoms in total. The smallest absolute Gasteiger partial charge is 0.161 e. The van der Waals surface area contributed by atoms with Crippen LogP contribution in [0.2, 0.25) is 0 Å². The Morgan fingerprint density at radius 3 is 1.97 bits per heavy atom. The highest BCUT2D eigenvalue weighted by Crippen LogP contribution is 2.46. The van der Waals surface area contributed by atoms with E-state index in [1.54, 1.807) is 14.2 Å². The van der Waals surface area contributed by atoms with Crippen LogP contribution < -0.4 is 9.47 Å². The minimum absolute atomic E-state index is 0.334. The minimum atomic E-state index is 0.334. The Labute approximate surface area is 189 Å². The summed E-state index contributed by atoms with van der Waals surface area (Å²) in [5.41, 5.74) is 7.62. The average molecular weight is 428 g/mol. The number of rotatable bonds is 5. The Balaban J connectivity index is 1.32. The number of hydrogen-bond donors (Lipinski definition) is 0. The summed E-state index contributed by atoms with van der Waals surface area (Å²) in [5, 5.41) is 7.10. The first-order chi connectivity index (χ1) is 15.7. The third kappa shape index (κ3) is 3.63. The molecule has 1 aliphatic carbocycles. The van der Waals surface area contributed by atoms with Crippen molar-refractivity contribution in [2.75, 3.05) is 40.4 Å². The van der Waals surface area contributed by atoms with Crippen molar-refractivity contribution in [3.8, 4) is 22.6 Å². The molecule has 0 bridgehead atoms. The van der Waals surface area contributed by atoms with E-state index < -0.39 is 0 Å². The summed E-state index contributed by atoms with van der Waals surface area (Å²) in [5.74, 6) is 1.46. The number of hydrazone groups is 1.